The van der Waals surface area contributed by atoms with Crippen LogP contribution in [0.15, 0.2) is 60.9 Å². The van der Waals surface area contributed by atoms with E-state index in [2.05, 4.69) is 54.5 Å². The highest BCUT2D eigenvalue weighted by Crippen LogP contribution is 2.36. The number of benzene rings is 2. The number of thiocarbonyl (C=S) groups is 1. The molecule has 0 spiro atoms. The van der Waals surface area contributed by atoms with Crippen molar-refractivity contribution in [2.45, 2.75) is 58.9 Å². The van der Waals surface area contributed by atoms with E-state index in [0.29, 0.717) is 33.9 Å². The number of thiophene rings is 1. The van der Waals surface area contributed by atoms with E-state index < -0.39 is 14.1 Å². The molecule has 0 bridgehead atoms. The number of nitrogens with zero attached hydrogens (tertiary/aromatic N) is 3. The van der Waals surface area contributed by atoms with Gasteiger partial charge in [-0.25, -0.2) is 14.4 Å². The normalized spacial score (nSPS) is 15.2. The monoisotopic (exact) mass is 679 g/mol. The molecule has 2 amide bonds. The van der Waals surface area contributed by atoms with Gasteiger partial charge in [-0.15, -0.1) is 11.3 Å². The lowest BCUT2D eigenvalue weighted by molar-refractivity contribution is -0.119. The van der Waals surface area contributed by atoms with Crippen molar-refractivity contribution in [2.24, 2.45) is 5.41 Å². The molecule has 2 N–H and O–H groups in total. The third-order valence-electron chi connectivity index (χ3n) is 7.22. The van der Waals surface area contributed by atoms with Gasteiger partial charge in [-0.1, -0.05) is 51.1 Å². The number of fused-ring (bicyclic) bond motifs is 1. The third kappa shape index (κ3) is 8.93. The van der Waals surface area contributed by atoms with Crippen molar-refractivity contribution in [1.82, 2.24) is 20.2 Å². The van der Waals surface area contributed by atoms with Gasteiger partial charge in [-0.2, -0.15) is 0 Å². The second-order valence-electron chi connectivity index (χ2n) is 13.2. The molecule has 46 heavy (non-hydrogen) atoms. The SMILES string of the molecule is CC(C)(C)C[Si](C)(C)O[C@H]1CCN(C(=O)c2cc3ncnc(Oc4ccc(NC(=S)NC(=O)Cc5ccccc5)cc4F)c3s2)C1. The number of halogens is 1. The molecule has 4 aromatic rings. The maximum absolute atomic E-state index is 15.1. The van der Waals surface area contributed by atoms with Gasteiger partial charge in [0.25, 0.3) is 5.91 Å². The minimum atomic E-state index is -1.88. The molecule has 9 nitrogen and oxygen atoms in total. The predicted molar refractivity (Wildman–Crippen MR) is 186 cm³/mol. The second-order valence-corrected chi connectivity index (χ2v) is 18.8. The van der Waals surface area contributed by atoms with Crippen LogP contribution in [0.3, 0.4) is 0 Å². The number of rotatable bonds is 9. The Morgan fingerprint density at radius 1 is 1.13 bits per heavy atom. The quantitative estimate of drug-likeness (QED) is 0.142. The summed E-state index contributed by atoms with van der Waals surface area (Å²) >= 11 is 6.44. The predicted octanol–water partition coefficient (Wildman–Crippen LogP) is 7.16. The molecule has 1 saturated heterocycles. The molecule has 242 valence electrons. The molecule has 1 atom stereocenters. The van der Waals surface area contributed by atoms with E-state index in [0.717, 1.165) is 18.0 Å². The number of nitrogens with one attached hydrogen (secondary N) is 2. The van der Waals surface area contributed by atoms with Crippen molar-refractivity contribution in [3.63, 3.8) is 0 Å². The van der Waals surface area contributed by atoms with E-state index in [1.807, 2.05) is 35.2 Å². The zero-order valence-electron chi connectivity index (χ0n) is 26.6. The molecule has 1 aliphatic rings. The van der Waals surface area contributed by atoms with E-state index in [4.69, 9.17) is 21.4 Å². The summed E-state index contributed by atoms with van der Waals surface area (Å²) in [6.07, 6.45) is 2.32. The summed E-state index contributed by atoms with van der Waals surface area (Å²) in [7, 11) is -1.88. The Bertz CT molecular complexity index is 1750. The van der Waals surface area contributed by atoms with Gasteiger partial charge in [-0.3, -0.25) is 9.59 Å². The van der Waals surface area contributed by atoms with Crippen LogP contribution in [0.5, 0.6) is 11.6 Å². The van der Waals surface area contributed by atoms with Crippen molar-refractivity contribution in [3.05, 3.63) is 77.2 Å². The van der Waals surface area contributed by atoms with Gasteiger partial charge >= 0.3 is 0 Å². The summed E-state index contributed by atoms with van der Waals surface area (Å²) in [5.41, 5.74) is 1.92. The average Bonchev–Trinajstić information content (AvgIpc) is 3.60. The summed E-state index contributed by atoms with van der Waals surface area (Å²) in [5.74, 6) is -0.958. The highest BCUT2D eigenvalue weighted by Gasteiger charge is 2.36. The Morgan fingerprint density at radius 2 is 1.89 bits per heavy atom. The lowest BCUT2D eigenvalue weighted by atomic mass is 10.0. The molecule has 2 aromatic heterocycles. The fraction of sp³-hybridized carbons (Fsp3) is 0.364. The van der Waals surface area contributed by atoms with E-state index >= 15 is 4.39 Å². The van der Waals surface area contributed by atoms with Gasteiger partial charge in [0.05, 0.1) is 22.9 Å². The van der Waals surface area contributed by atoms with Gasteiger partial charge < -0.3 is 24.7 Å². The number of hydrogen-bond acceptors (Lipinski definition) is 8. The van der Waals surface area contributed by atoms with E-state index in [9.17, 15) is 9.59 Å². The second kappa shape index (κ2) is 13.9. The Balaban J connectivity index is 1.20. The number of likely N-dealkylation sites (tertiary alicyclic amines) is 1. The highest BCUT2D eigenvalue weighted by molar-refractivity contribution is 7.80. The lowest BCUT2D eigenvalue weighted by Crippen LogP contribution is -2.40. The molecule has 13 heteroatoms. The average molecular weight is 680 g/mol. The molecule has 0 saturated carbocycles. The van der Waals surface area contributed by atoms with Crippen molar-refractivity contribution in [3.8, 4) is 11.6 Å². The molecular weight excluding hydrogens is 642 g/mol. The Kier molecular flexibility index (Phi) is 10.2. The highest BCUT2D eigenvalue weighted by atomic mass is 32.1. The van der Waals surface area contributed by atoms with Crippen LogP contribution >= 0.6 is 23.6 Å². The summed E-state index contributed by atoms with van der Waals surface area (Å²) < 4.78 is 28.1. The first-order valence-electron chi connectivity index (χ1n) is 15.1. The number of carbonyl (C=O) groups excluding carboxylic acids is 2. The lowest BCUT2D eigenvalue weighted by Gasteiger charge is -2.33. The first-order valence-corrected chi connectivity index (χ1v) is 19.4. The summed E-state index contributed by atoms with van der Waals surface area (Å²) in [6, 6.07) is 16.3. The standard InChI is InChI=1S/C33H38FN5O4S2Si/c1-33(2,3)19-46(4,5)43-23-13-14-39(18-23)31(41)27-17-25-29(45-27)30(36-20-35-25)42-26-12-11-22(16-24(26)34)37-32(44)38-28(40)15-21-9-7-6-8-10-21/h6-12,16-17,20,23H,13-15,18-19H2,1-5H3,(H2,37,38,40,44)/t23-/m0/s1. The smallest absolute Gasteiger partial charge is 0.264 e. The molecule has 1 fully saturated rings. The molecule has 1 aliphatic heterocycles. The van der Waals surface area contributed by atoms with Crippen molar-refractivity contribution < 1.29 is 23.1 Å². The van der Waals surface area contributed by atoms with E-state index in [-0.39, 0.29) is 46.5 Å². The number of anilines is 1. The van der Waals surface area contributed by atoms with Crippen LogP contribution in [0, 0.1) is 11.2 Å². The maximum atomic E-state index is 15.1. The number of amides is 2. The summed E-state index contributed by atoms with van der Waals surface area (Å²) in [4.78, 5) is 36.6. The Morgan fingerprint density at radius 3 is 2.61 bits per heavy atom. The van der Waals surface area contributed by atoms with E-state index in [1.54, 1.807) is 12.1 Å². The van der Waals surface area contributed by atoms with Crippen molar-refractivity contribution in [2.75, 3.05) is 18.4 Å². The molecule has 0 aliphatic carbocycles. The first kappa shape index (κ1) is 33.6. The number of ether oxygens (including phenoxy) is 1. The number of carbonyl (C=O) groups is 2. The molecule has 0 unspecified atom stereocenters. The van der Waals surface area contributed by atoms with Gasteiger partial charge in [0, 0.05) is 24.8 Å². The van der Waals surface area contributed by atoms with Gasteiger partial charge in [0.15, 0.2) is 25.0 Å². The van der Waals surface area contributed by atoms with Crippen LogP contribution in [-0.4, -0.2) is 59.3 Å². The van der Waals surface area contributed by atoms with Gasteiger partial charge in [0.2, 0.25) is 11.8 Å². The largest absolute Gasteiger partial charge is 0.434 e. The third-order valence-corrected chi connectivity index (χ3v) is 11.4. The van der Waals surface area contributed by atoms with Crippen molar-refractivity contribution in [1.29, 1.82) is 0 Å². The molecule has 0 radical (unpaired) electrons. The van der Waals surface area contributed by atoms with Crippen molar-refractivity contribution >= 4 is 64.7 Å². The fourth-order valence-corrected chi connectivity index (χ4v) is 10.8. The zero-order valence-corrected chi connectivity index (χ0v) is 29.2. The Labute approximate surface area is 278 Å². The Hall–Kier alpha value is -3.78. The van der Waals surface area contributed by atoms with Crippen LogP contribution in [0.4, 0.5) is 10.1 Å². The minimum absolute atomic E-state index is 0.0291. The number of hydrogen-bond donors (Lipinski definition) is 2. The zero-order chi connectivity index (χ0) is 33.1. The summed E-state index contributed by atoms with van der Waals surface area (Å²) in [5, 5.41) is 5.47. The van der Waals surface area contributed by atoms with Crippen LogP contribution < -0.4 is 15.4 Å². The molecule has 5 rings (SSSR count). The molecule has 3 heterocycles. The fourth-order valence-electron chi connectivity index (χ4n) is 5.83. The van der Waals surface area contributed by atoms with Gasteiger partial charge in [-0.05, 0) is 67.0 Å². The summed E-state index contributed by atoms with van der Waals surface area (Å²) in [6.45, 7) is 12.3. The van der Waals surface area contributed by atoms with Crippen LogP contribution in [0.25, 0.3) is 10.2 Å². The molecule has 2 aromatic carbocycles. The van der Waals surface area contributed by atoms with Gasteiger partial charge in [0.1, 0.15) is 11.0 Å². The van der Waals surface area contributed by atoms with Crippen LogP contribution in [0.2, 0.25) is 19.1 Å². The molecular formula is C33H38FN5O4S2Si. The number of aromatic nitrogens is 2. The van der Waals surface area contributed by atoms with Crippen LogP contribution in [-0.2, 0) is 15.6 Å². The first-order chi connectivity index (χ1) is 21.7. The topological polar surface area (TPSA) is 106 Å². The maximum Gasteiger partial charge on any atom is 0.264 e. The van der Waals surface area contributed by atoms with E-state index in [1.165, 1.54) is 29.8 Å². The van der Waals surface area contributed by atoms with Crippen LogP contribution in [0.1, 0.15) is 42.4 Å². The minimum Gasteiger partial charge on any atom is -0.434 e.